The zero-order valence-corrected chi connectivity index (χ0v) is 12.3. The number of piperazine rings is 1. The number of carbonyl (C=O) groups excluding carboxylic acids is 2. The molecule has 1 aromatic carbocycles. The first-order chi connectivity index (χ1) is 9.45. The third kappa shape index (κ3) is 3.71. The van der Waals surface area contributed by atoms with Gasteiger partial charge in [-0.1, -0.05) is 31.5 Å². The normalized spacial score (nSPS) is 15.7. The van der Waals surface area contributed by atoms with E-state index in [4.69, 9.17) is 11.6 Å². The lowest BCUT2D eigenvalue weighted by molar-refractivity contribution is -0.130. The molecule has 0 saturated carbocycles. The molecule has 1 heterocycles. The number of rotatable bonds is 4. The van der Waals surface area contributed by atoms with Crippen LogP contribution in [0.3, 0.4) is 0 Å². The number of carbonyl (C=O) groups is 2. The van der Waals surface area contributed by atoms with Crippen LogP contribution in [0.15, 0.2) is 18.2 Å². The van der Waals surface area contributed by atoms with Crippen molar-refractivity contribution in [1.29, 1.82) is 0 Å². The Bertz CT molecular complexity index is 515. The Labute approximate surface area is 123 Å². The number of nitrogens with zero attached hydrogens (tertiary/aromatic N) is 1. The summed E-state index contributed by atoms with van der Waals surface area (Å²) in [5.41, 5.74) is 1.78. The minimum absolute atomic E-state index is 0.172. The summed E-state index contributed by atoms with van der Waals surface area (Å²) in [5.74, 6) is -0.578. The zero-order valence-electron chi connectivity index (χ0n) is 11.6. The van der Waals surface area contributed by atoms with Gasteiger partial charge in [-0.25, -0.2) is 0 Å². The average Bonchev–Trinajstić information content (AvgIpc) is 2.35. The first-order valence-electron chi connectivity index (χ1n) is 6.55. The third-order valence-electron chi connectivity index (χ3n) is 3.05. The molecule has 1 aliphatic heterocycles. The number of hydrogen-bond donors (Lipinski definition) is 2. The van der Waals surface area contributed by atoms with E-state index in [1.54, 1.807) is 11.0 Å². The molecule has 1 fully saturated rings. The van der Waals surface area contributed by atoms with Gasteiger partial charge in [0.05, 0.1) is 13.1 Å². The summed E-state index contributed by atoms with van der Waals surface area (Å²) in [5, 5.41) is 6.21. The fourth-order valence-corrected chi connectivity index (χ4v) is 2.25. The molecule has 0 aliphatic carbocycles. The fraction of sp³-hybridized carbons (Fsp3) is 0.429. The SMILES string of the molecule is CC(C)NCc1ccc(N2CC(=O)NC(=O)C2)cc1Cl. The molecule has 0 radical (unpaired) electrons. The lowest BCUT2D eigenvalue weighted by atomic mass is 10.1. The van der Waals surface area contributed by atoms with Crippen LogP contribution in [0, 0.1) is 0 Å². The molecule has 108 valence electrons. The highest BCUT2D eigenvalue weighted by Crippen LogP contribution is 2.24. The lowest BCUT2D eigenvalue weighted by Gasteiger charge is -2.27. The van der Waals surface area contributed by atoms with Gasteiger partial charge in [0, 0.05) is 23.3 Å². The van der Waals surface area contributed by atoms with E-state index in [0.29, 0.717) is 17.6 Å². The number of anilines is 1. The van der Waals surface area contributed by atoms with Crippen molar-refractivity contribution in [2.45, 2.75) is 26.4 Å². The number of benzene rings is 1. The lowest BCUT2D eigenvalue weighted by Crippen LogP contribution is -2.51. The van der Waals surface area contributed by atoms with E-state index < -0.39 is 0 Å². The number of hydrogen-bond acceptors (Lipinski definition) is 4. The summed E-state index contributed by atoms with van der Waals surface area (Å²) in [6, 6.07) is 5.98. The average molecular weight is 296 g/mol. The van der Waals surface area contributed by atoms with Gasteiger partial charge in [-0.05, 0) is 17.7 Å². The van der Waals surface area contributed by atoms with Gasteiger partial charge < -0.3 is 10.2 Å². The Hall–Kier alpha value is -1.59. The standard InChI is InChI=1S/C14H18ClN3O2/c1-9(2)16-6-10-3-4-11(5-12(10)15)18-7-13(19)17-14(20)8-18/h3-5,9,16H,6-8H2,1-2H3,(H,17,19,20). The van der Waals surface area contributed by atoms with E-state index in [0.717, 1.165) is 11.3 Å². The van der Waals surface area contributed by atoms with Crippen molar-refractivity contribution >= 4 is 29.1 Å². The Morgan fingerprint density at radius 3 is 2.50 bits per heavy atom. The van der Waals surface area contributed by atoms with Gasteiger partial charge in [-0.15, -0.1) is 0 Å². The van der Waals surface area contributed by atoms with Gasteiger partial charge in [0.15, 0.2) is 0 Å². The van der Waals surface area contributed by atoms with Crippen LogP contribution in [0.4, 0.5) is 5.69 Å². The molecule has 2 amide bonds. The molecule has 2 rings (SSSR count). The third-order valence-corrected chi connectivity index (χ3v) is 3.40. The molecule has 1 saturated heterocycles. The highest BCUT2D eigenvalue weighted by atomic mass is 35.5. The molecule has 0 spiro atoms. The summed E-state index contributed by atoms with van der Waals surface area (Å²) in [4.78, 5) is 24.5. The van der Waals surface area contributed by atoms with Crippen molar-refractivity contribution in [3.63, 3.8) is 0 Å². The fourth-order valence-electron chi connectivity index (χ4n) is 2.01. The van der Waals surface area contributed by atoms with E-state index in [1.807, 2.05) is 12.1 Å². The molecule has 2 N–H and O–H groups in total. The van der Waals surface area contributed by atoms with Crippen LogP contribution in [-0.4, -0.2) is 30.9 Å². The second kappa shape index (κ2) is 6.24. The van der Waals surface area contributed by atoms with E-state index in [2.05, 4.69) is 24.5 Å². The van der Waals surface area contributed by atoms with Crippen LogP contribution in [0.5, 0.6) is 0 Å². The molecule has 0 bridgehead atoms. The van der Waals surface area contributed by atoms with E-state index in [9.17, 15) is 9.59 Å². The van der Waals surface area contributed by atoms with E-state index in [1.165, 1.54) is 0 Å². The number of amides is 2. The monoisotopic (exact) mass is 295 g/mol. The number of imide groups is 1. The van der Waals surface area contributed by atoms with Crippen molar-refractivity contribution in [2.75, 3.05) is 18.0 Å². The van der Waals surface area contributed by atoms with Crippen LogP contribution in [-0.2, 0) is 16.1 Å². The molecule has 1 aromatic rings. The summed E-state index contributed by atoms with van der Waals surface area (Å²) >= 11 is 6.25. The van der Waals surface area contributed by atoms with Crippen molar-refractivity contribution < 1.29 is 9.59 Å². The molecule has 20 heavy (non-hydrogen) atoms. The first-order valence-corrected chi connectivity index (χ1v) is 6.93. The van der Waals surface area contributed by atoms with Gasteiger partial charge in [0.25, 0.3) is 0 Å². The van der Waals surface area contributed by atoms with Crippen LogP contribution in [0.2, 0.25) is 5.02 Å². The Kier molecular flexibility index (Phi) is 4.62. The summed E-state index contributed by atoms with van der Waals surface area (Å²) in [6.45, 7) is 5.17. The predicted octanol–water partition coefficient (Wildman–Crippen LogP) is 1.30. The molecule has 5 nitrogen and oxygen atoms in total. The maximum absolute atomic E-state index is 11.4. The topological polar surface area (TPSA) is 61.4 Å². The van der Waals surface area contributed by atoms with Crippen LogP contribution >= 0.6 is 11.6 Å². The predicted molar refractivity (Wildman–Crippen MR) is 78.8 cm³/mol. The summed E-state index contributed by atoms with van der Waals surface area (Å²) in [6.07, 6.45) is 0. The molecular weight excluding hydrogens is 278 g/mol. The molecule has 0 atom stereocenters. The Balaban J connectivity index is 2.12. The number of nitrogens with one attached hydrogen (secondary N) is 2. The second-order valence-corrected chi connectivity index (χ2v) is 5.55. The van der Waals surface area contributed by atoms with Crippen LogP contribution in [0.1, 0.15) is 19.4 Å². The highest BCUT2D eigenvalue weighted by Gasteiger charge is 2.22. The van der Waals surface area contributed by atoms with Crippen molar-refractivity contribution in [1.82, 2.24) is 10.6 Å². The highest BCUT2D eigenvalue weighted by molar-refractivity contribution is 6.31. The van der Waals surface area contributed by atoms with E-state index >= 15 is 0 Å². The van der Waals surface area contributed by atoms with Crippen molar-refractivity contribution in [3.8, 4) is 0 Å². The quantitative estimate of drug-likeness (QED) is 0.822. The van der Waals surface area contributed by atoms with Gasteiger partial charge in [0.1, 0.15) is 0 Å². The van der Waals surface area contributed by atoms with Crippen LogP contribution < -0.4 is 15.5 Å². The van der Waals surface area contributed by atoms with Gasteiger partial charge in [0.2, 0.25) is 11.8 Å². The van der Waals surface area contributed by atoms with Crippen molar-refractivity contribution in [2.24, 2.45) is 0 Å². The molecule has 1 aliphatic rings. The smallest absolute Gasteiger partial charge is 0.246 e. The maximum atomic E-state index is 11.4. The van der Waals surface area contributed by atoms with Gasteiger partial charge in [-0.2, -0.15) is 0 Å². The summed E-state index contributed by atoms with van der Waals surface area (Å²) < 4.78 is 0. The largest absolute Gasteiger partial charge is 0.353 e. The minimum atomic E-state index is -0.289. The van der Waals surface area contributed by atoms with E-state index in [-0.39, 0.29) is 24.9 Å². The molecular formula is C14H18ClN3O2. The minimum Gasteiger partial charge on any atom is -0.353 e. The van der Waals surface area contributed by atoms with Gasteiger partial charge >= 0.3 is 0 Å². The zero-order chi connectivity index (χ0) is 14.7. The molecule has 6 heteroatoms. The van der Waals surface area contributed by atoms with Crippen LogP contribution in [0.25, 0.3) is 0 Å². The Morgan fingerprint density at radius 2 is 1.95 bits per heavy atom. The second-order valence-electron chi connectivity index (χ2n) is 5.14. The first kappa shape index (κ1) is 14.8. The molecule has 0 unspecified atom stereocenters. The molecule has 0 aromatic heterocycles. The summed E-state index contributed by atoms with van der Waals surface area (Å²) in [7, 11) is 0. The van der Waals surface area contributed by atoms with Gasteiger partial charge in [-0.3, -0.25) is 14.9 Å². The Morgan fingerprint density at radius 1 is 1.30 bits per heavy atom. The number of halogens is 1. The maximum Gasteiger partial charge on any atom is 0.246 e. The van der Waals surface area contributed by atoms with Crippen molar-refractivity contribution in [3.05, 3.63) is 28.8 Å².